The number of hydrogen-bond donors (Lipinski definition) is 1. The van der Waals surface area contributed by atoms with Crippen LogP contribution in [0, 0.1) is 6.92 Å². The van der Waals surface area contributed by atoms with E-state index >= 15 is 0 Å². The summed E-state index contributed by atoms with van der Waals surface area (Å²) in [5, 5.41) is 3.49. The molecule has 0 aliphatic carbocycles. The molecule has 1 N–H and O–H groups in total. The van der Waals surface area contributed by atoms with Gasteiger partial charge >= 0.3 is 0 Å². The molecular weight excluding hydrogens is 455 g/mol. The molecule has 0 aromatic heterocycles. The smallest absolute Gasteiger partial charge is 0.244 e. The minimum absolute atomic E-state index is 0.110. The SMILES string of the molecule is Cc1ccc(S(=O)(=O)N2Cc3ccccc3C[C@@H]2C(=O)Nc2ccc(Cl)cc2Cl)cc1. The standard InChI is InChI=1S/C23H20Cl2N2O3S/c1-15-6-9-19(10-7-15)31(29,30)27-14-17-5-3-2-4-16(17)12-22(27)23(28)26-21-11-8-18(24)13-20(21)25/h2-11,13,22H,12,14H2,1H3,(H,26,28)/t22-/m1/s1. The third-order valence-corrected chi connectivity index (χ3v) is 7.74. The summed E-state index contributed by atoms with van der Waals surface area (Å²) in [5.74, 6) is -0.450. The van der Waals surface area contributed by atoms with Crippen LogP contribution in [0.15, 0.2) is 71.6 Å². The summed E-state index contributed by atoms with van der Waals surface area (Å²) in [5.41, 5.74) is 3.16. The van der Waals surface area contributed by atoms with E-state index in [9.17, 15) is 13.2 Å². The molecular formula is C23H20Cl2N2O3S. The Kier molecular flexibility index (Phi) is 6.08. The molecule has 0 fully saturated rings. The topological polar surface area (TPSA) is 66.5 Å². The number of benzene rings is 3. The highest BCUT2D eigenvalue weighted by Crippen LogP contribution is 2.31. The van der Waals surface area contributed by atoms with Crippen LogP contribution >= 0.6 is 23.2 Å². The highest BCUT2D eigenvalue weighted by molar-refractivity contribution is 7.89. The van der Waals surface area contributed by atoms with Crippen LogP contribution in [0.2, 0.25) is 10.0 Å². The molecule has 1 amide bonds. The van der Waals surface area contributed by atoms with Gasteiger partial charge in [-0.15, -0.1) is 0 Å². The predicted octanol–water partition coefficient (Wildman–Crippen LogP) is 5.06. The van der Waals surface area contributed by atoms with E-state index in [1.54, 1.807) is 36.4 Å². The quantitative estimate of drug-likeness (QED) is 0.574. The lowest BCUT2D eigenvalue weighted by molar-refractivity contribution is -0.120. The van der Waals surface area contributed by atoms with Gasteiger partial charge in [-0.05, 0) is 54.8 Å². The van der Waals surface area contributed by atoms with Crippen LogP contribution in [0.25, 0.3) is 0 Å². The maximum atomic E-state index is 13.5. The summed E-state index contributed by atoms with van der Waals surface area (Å²) in [6.45, 7) is 2.00. The third kappa shape index (κ3) is 4.48. The number of carbonyl (C=O) groups excluding carboxylic acids is 1. The summed E-state index contributed by atoms with van der Waals surface area (Å²) < 4.78 is 28.2. The summed E-state index contributed by atoms with van der Waals surface area (Å²) >= 11 is 12.1. The van der Waals surface area contributed by atoms with Gasteiger partial charge in [0.25, 0.3) is 0 Å². The first kappa shape index (κ1) is 21.8. The Morgan fingerprint density at radius 1 is 1.00 bits per heavy atom. The minimum Gasteiger partial charge on any atom is -0.323 e. The second-order valence-electron chi connectivity index (χ2n) is 7.47. The Morgan fingerprint density at radius 3 is 2.35 bits per heavy atom. The molecule has 160 valence electrons. The molecule has 8 heteroatoms. The normalized spacial score (nSPS) is 16.5. The van der Waals surface area contributed by atoms with Crippen LogP contribution < -0.4 is 5.32 Å². The Labute approximate surface area is 191 Å². The first-order chi connectivity index (χ1) is 14.8. The zero-order valence-electron chi connectivity index (χ0n) is 16.7. The van der Waals surface area contributed by atoms with E-state index in [0.29, 0.717) is 10.7 Å². The van der Waals surface area contributed by atoms with Gasteiger partial charge in [-0.25, -0.2) is 8.42 Å². The van der Waals surface area contributed by atoms with Crippen molar-refractivity contribution in [2.75, 3.05) is 5.32 Å². The molecule has 4 rings (SSSR count). The zero-order valence-corrected chi connectivity index (χ0v) is 19.0. The fourth-order valence-electron chi connectivity index (χ4n) is 3.63. The number of rotatable bonds is 4. The minimum atomic E-state index is -3.91. The van der Waals surface area contributed by atoms with Crippen molar-refractivity contribution in [1.29, 1.82) is 0 Å². The molecule has 3 aromatic carbocycles. The second kappa shape index (κ2) is 8.63. The van der Waals surface area contributed by atoms with E-state index in [1.165, 1.54) is 10.4 Å². The van der Waals surface area contributed by atoms with Gasteiger partial charge in [0.2, 0.25) is 15.9 Å². The summed E-state index contributed by atoms with van der Waals surface area (Å²) in [6, 6.07) is 18.0. The molecule has 5 nitrogen and oxygen atoms in total. The van der Waals surface area contributed by atoms with Crippen LogP contribution in [-0.4, -0.2) is 24.7 Å². The van der Waals surface area contributed by atoms with Crippen molar-refractivity contribution >= 4 is 44.8 Å². The molecule has 0 spiro atoms. The third-order valence-electron chi connectivity index (χ3n) is 5.32. The van der Waals surface area contributed by atoms with Crippen molar-refractivity contribution in [2.45, 2.75) is 30.8 Å². The number of halogens is 2. The van der Waals surface area contributed by atoms with Crippen LogP contribution in [0.4, 0.5) is 5.69 Å². The number of hydrogen-bond acceptors (Lipinski definition) is 3. The number of nitrogens with zero attached hydrogens (tertiary/aromatic N) is 1. The summed E-state index contributed by atoms with van der Waals surface area (Å²) in [7, 11) is -3.91. The number of anilines is 1. The molecule has 3 aromatic rings. The lowest BCUT2D eigenvalue weighted by Gasteiger charge is -2.35. The molecule has 0 saturated carbocycles. The summed E-state index contributed by atoms with van der Waals surface area (Å²) in [4.78, 5) is 13.4. The number of sulfonamides is 1. The highest BCUT2D eigenvalue weighted by atomic mass is 35.5. The number of aryl methyl sites for hydroxylation is 1. The molecule has 1 atom stereocenters. The van der Waals surface area contributed by atoms with E-state index in [0.717, 1.165) is 16.7 Å². The second-order valence-corrected chi connectivity index (χ2v) is 10.2. The van der Waals surface area contributed by atoms with E-state index in [1.807, 2.05) is 31.2 Å². The van der Waals surface area contributed by atoms with E-state index in [2.05, 4.69) is 5.32 Å². The van der Waals surface area contributed by atoms with Gasteiger partial charge in [-0.3, -0.25) is 4.79 Å². The maximum absolute atomic E-state index is 13.5. The van der Waals surface area contributed by atoms with Gasteiger partial charge < -0.3 is 5.32 Å². The van der Waals surface area contributed by atoms with E-state index in [4.69, 9.17) is 23.2 Å². The van der Waals surface area contributed by atoms with Crippen molar-refractivity contribution in [3.05, 3.63) is 93.5 Å². The Morgan fingerprint density at radius 2 is 1.68 bits per heavy atom. The Bertz CT molecular complexity index is 1240. The van der Waals surface area contributed by atoms with E-state index < -0.39 is 22.0 Å². The van der Waals surface area contributed by atoms with Crippen LogP contribution in [0.3, 0.4) is 0 Å². The average molecular weight is 475 g/mol. The summed E-state index contributed by atoms with van der Waals surface area (Å²) in [6.07, 6.45) is 0.262. The van der Waals surface area contributed by atoms with Crippen molar-refractivity contribution in [2.24, 2.45) is 0 Å². The lowest BCUT2D eigenvalue weighted by Crippen LogP contribution is -2.50. The van der Waals surface area contributed by atoms with Gasteiger partial charge in [-0.2, -0.15) is 4.31 Å². The largest absolute Gasteiger partial charge is 0.323 e. The molecule has 31 heavy (non-hydrogen) atoms. The number of carbonyl (C=O) groups is 1. The molecule has 0 bridgehead atoms. The van der Waals surface area contributed by atoms with Crippen molar-refractivity contribution in [3.63, 3.8) is 0 Å². The van der Waals surface area contributed by atoms with Gasteiger partial charge in [-0.1, -0.05) is 65.2 Å². The zero-order chi connectivity index (χ0) is 22.2. The van der Waals surface area contributed by atoms with Crippen LogP contribution in [0.1, 0.15) is 16.7 Å². The number of fused-ring (bicyclic) bond motifs is 1. The molecule has 1 heterocycles. The van der Waals surface area contributed by atoms with Crippen molar-refractivity contribution < 1.29 is 13.2 Å². The van der Waals surface area contributed by atoms with E-state index in [-0.39, 0.29) is 22.9 Å². The van der Waals surface area contributed by atoms with Gasteiger partial charge in [0, 0.05) is 11.6 Å². The molecule has 0 saturated heterocycles. The lowest BCUT2D eigenvalue weighted by atomic mass is 9.95. The highest BCUT2D eigenvalue weighted by Gasteiger charge is 2.39. The first-order valence-corrected chi connectivity index (χ1v) is 11.9. The monoisotopic (exact) mass is 474 g/mol. The van der Waals surface area contributed by atoms with Crippen molar-refractivity contribution in [1.82, 2.24) is 4.31 Å². The number of nitrogens with one attached hydrogen (secondary N) is 1. The molecule has 0 radical (unpaired) electrons. The predicted molar refractivity (Wildman–Crippen MR) is 123 cm³/mol. The van der Waals surface area contributed by atoms with Gasteiger partial charge in [0.15, 0.2) is 0 Å². The fourth-order valence-corrected chi connectivity index (χ4v) is 5.65. The van der Waals surface area contributed by atoms with Gasteiger partial charge in [0.05, 0.1) is 15.6 Å². The van der Waals surface area contributed by atoms with Crippen molar-refractivity contribution in [3.8, 4) is 0 Å². The fraction of sp³-hybridized carbons (Fsp3) is 0.174. The van der Waals surface area contributed by atoms with Crippen LogP contribution in [-0.2, 0) is 27.8 Å². The Hall–Kier alpha value is -2.38. The molecule has 1 aliphatic heterocycles. The molecule has 1 aliphatic rings. The van der Waals surface area contributed by atoms with Crippen LogP contribution in [0.5, 0.6) is 0 Å². The average Bonchev–Trinajstić information content (AvgIpc) is 2.75. The number of amides is 1. The van der Waals surface area contributed by atoms with Gasteiger partial charge in [0.1, 0.15) is 6.04 Å². The Balaban J connectivity index is 1.72. The first-order valence-electron chi connectivity index (χ1n) is 9.67. The molecule has 0 unspecified atom stereocenters. The maximum Gasteiger partial charge on any atom is 0.244 e.